The Balaban J connectivity index is 2.02. The molecule has 0 saturated heterocycles. The van der Waals surface area contributed by atoms with Crippen LogP contribution in [-0.4, -0.2) is 11.0 Å². The normalized spacial score (nSPS) is 24.8. The summed E-state index contributed by atoms with van der Waals surface area (Å²) in [6.07, 6.45) is 5.38. The van der Waals surface area contributed by atoms with E-state index in [0.717, 1.165) is 11.7 Å². The highest BCUT2D eigenvalue weighted by molar-refractivity contribution is 5.43. The maximum absolute atomic E-state index is 8.76. The molecular formula is C12H15N3. The second-order valence-corrected chi connectivity index (χ2v) is 4.30. The first-order valence-electron chi connectivity index (χ1n) is 5.40. The van der Waals surface area contributed by atoms with Gasteiger partial charge in [0.15, 0.2) is 0 Å². The minimum Gasteiger partial charge on any atom is -0.367 e. The van der Waals surface area contributed by atoms with Crippen LogP contribution in [-0.2, 0) is 0 Å². The van der Waals surface area contributed by atoms with Crippen molar-refractivity contribution >= 4 is 5.82 Å². The number of rotatable bonds is 2. The average molecular weight is 201 g/mol. The molecule has 1 aliphatic rings. The van der Waals surface area contributed by atoms with Crippen LogP contribution in [0.2, 0.25) is 0 Å². The fourth-order valence-electron chi connectivity index (χ4n) is 2.13. The second kappa shape index (κ2) is 4.31. The molecule has 2 atom stereocenters. The monoisotopic (exact) mass is 201 g/mol. The molecule has 1 N–H and O–H groups in total. The van der Waals surface area contributed by atoms with E-state index in [1.165, 1.54) is 19.3 Å². The Bertz CT molecular complexity index is 381. The van der Waals surface area contributed by atoms with Crippen LogP contribution in [0.25, 0.3) is 0 Å². The highest BCUT2D eigenvalue weighted by Crippen LogP contribution is 2.26. The van der Waals surface area contributed by atoms with Crippen molar-refractivity contribution in [3.8, 4) is 6.07 Å². The SMILES string of the molecule is C[C@H]1CC[C@H](Nc2cc(C#N)ccn2)C1. The van der Waals surface area contributed by atoms with Crippen molar-refractivity contribution in [2.24, 2.45) is 5.92 Å². The molecule has 1 heterocycles. The van der Waals surface area contributed by atoms with Crippen LogP contribution in [0.1, 0.15) is 31.7 Å². The molecule has 2 rings (SSSR count). The molecule has 78 valence electrons. The molecule has 0 aromatic carbocycles. The molecule has 1 aliphatic carbocycles. The Morgan fingerprint density at radius 2 is 2.40 bits per heavy atom. The van der Waals surface area contributed by atoms with E-state index >= 15 is 0 Å². The second-order valence-electron chi connectivity index (χ2n) is 4.30. The molecule has 0 bridgehead atoms. The number of anilines is 1. The van der Waals surface area contributed by atoms with Crippen molar-refractivity contribution < 1.29 is 0 Å². The topological polar surface area (TPSA) is 48.7 Å². The maximum atomic E-state index is 8.76. The van der Waals surface area contributed by atoms with E-state index in [-0.39, 0.29) is 0 Å². The number of aromatic nitrogens is 1. The van der Waals surface area contributed by atoms with E-state index in [4.69, 9.17) is 5.26 Å². The largest absolute Gasteiger partial charge is 0.367 e. The molecule has 1 aromatic heterocycles. The Labute approximate surface area is 90.1 Å². The van der Waals surface area contributed by atoms with Crippen LogP contribution in [0.15, 0.2) is 18.3 Å². The van der Waals surface area contributed by atoms with Gasteiger partial charge in [0.25, 0.3) is 0 Å². The van der Waals surface area contributed by atoms with Crippen molar-refractivity contribution in [3.63, 3.8) is 0 Å². The first-order valence-corrected chi connectivity index (χ1v) is 5.40. The van der Waals surface area contributed by atoms with Crippen LogP contribution in [0.4, 0.5) is 5.82 Å². The summed E-state index contributed by atoms with van der Waals surface area (Å²) in [6.45, 7) is 2.28. The molecule has 1 fully saturated rings. The molecular weight excluding hydrogens is 186 g/mol. The Morgan fingerprint density at radius 3 is 3.07 bits per heavy atom. The van der Waals surface area contributed by atoms with Crippen LogP contribution >= 0.6 is 0 Å². The Kier molecular flexibility index (Phi) is 2.86. The number of nitriles is 1. The van der Waals surface area contributed by atoms with Gasteiger partial charge in [-0.2, -0.15) is 5.26 Å². The molecule has 1 aromatic rings. The quantitative estimate of drug-likeness (QED) is 0.800. The zero-order chi connectivity index (χ0) is 10.7. The minimum atomic E-state index is 0.529. The summed E-state index contributed by atoms with van der Waals surface area (Å²) in [5, 5.41) is 12.1. The van der Waals surface area contributed by atoms with Gasteiger partial charge in [0, 0.05) is 12.2 Å². The molecule has 0 radical (unpaired) electrons. The highest BCUT2D eigenvalue weighted by atomic mass is 15.0. The number of pyridine rings is 1. The van der Waals surface area contributed by atoms with Gasteiger partial charge in [-0.3, -0.25) is 0 Å². The van der Waals surface area contributed by atoms with Gasteiger partial charge in [-0.1, -0.05) is 6.92 Å². The van der Waals surface area contributed by atoms with Gasteiger partial charge in [-0.25, -0.2) is 4.98 Å². The first-order chi connectivity index (χ1) is 7.28. The average Bonchev–Trinajstić information content (AvgIpc) is 2.64. The van der Waals surface area contributed by atoms with Gasteiger partial charge in [0.1, 0.15) is 5.82 Å². The van der Waals surface area contributed by atoms with E-state index in [9.17, 15) is 0 Å². The molecule has 0 spiro atoms. The molecule has 0 unspecified atom stereocenters. The molecule has 3 heteroatoms. The fourth-order valence-corrected chi connectivity index (χ4v) is 2.13. The van der Waals surface area contributed by atoms with Gasteiger partial charge in [0.2, 0.25) is 0 Å². The van der Waals surface area contributed by atoms with Crippen LogP contribution in [0, 0.1) is 17.2 Å². The lowest BCUT2D eigenvalue weighted by atomic mass is 10.1. The number of nitrogens with zero attached hydrogens (tertiary/aromatic N) is 2. The van der Waals surface area contributed by atoms with Gasteiger partial charge >= 0.3 is 0 Å². The van der Waals surface area contributed by atoms with Crippen molar-refractivity contribution in [2.75, 3.05) is 5.32 Å². The van der Waals surface area contributed by atoms with Crippen molar-refractivity contribution in [1.29, 1.82) is 5.26 Å². The van der Waals surface area contributed by atoms with Crippen molar-refractivity contribution in [1.82, 2.24) is 4.98 Å². The highest BCUT2D eigenvalue weighted by Gasteiger charge is 2.21. The number of hydrogen-bond acceptors (Lipinski definition) is 3. The Hall–Kier alpha value is -1.56. The van der Waals surface area contributed by atoms with Crippen LogP contribution < -0.4 is 5.32 Å². The maximum Gasteiger partial charge on any atom is 0.127 e. The third-order valence-corrected chi connectivity index (χ3v) is 2.94. The zero-order valence-corrected chi connectivity index (χ0v) is 8.90. The van der Waals surface area contributed by atoms with Crippen molar-refractivity contribution in [3.05, 3.63) is 23.9 Å². The van der Waals surface area contributed by atoms with E-state index in [0.29, 0.717) is 11.6 Å². The van der Waals surface area contributed by atoms with E-state index in [1.54, 1.807) is 12.3 Å². The summed E-state index contributed by atoms with van der Waals surface area (Å²) in [4.78, 5) is 4.21. The van der Waals surface area contributed by atoms with Gasteiger partial charge < -0.3 is 5.32 Å². The predicted molar refractivity (Wildman–Crippen MR) is 59.4 cm³/mol. The van der Waals surface area contributed by atoms with Crippen LogP contribution in [0.5, 0.6) is 0 Å². The van der Waals surface area contributed by atoms with Gasteiger partial charge in [0.05, 0.1) is 11.6 Å². The molecule has 1 saturated carbocycles. The number of nitrogens with one attached hydrogen (secondary N) is 1. The lowest BCUT2D eigenvalue weighted by Gasteiger charge is -2.12. The van der Waals surface area contributed by atoms with Gasteiger partial charge in [-0.15, -0.1) is 0 Å². The molecule has 0 aliphatic heterocycles. The minimum absolute atomic E-state index is 0.529. The smallest absolute Gasteiger partial charge is 0.127 e. The number of hydrogen-bond donors (Lipinski definition) is 1. The summed E-state index contributed by atoms with van der Waals surface area (Å²) in [6, 6.07) is 6.18. The summed E-state index contributed by atoms with van der Waals surface area (Å²) in [7, 11) is 0. The zero-order valence-electron chi connectivity index (χ0n) is 8.90. The fraction of sp³-hybridized carbons (Fsp3) is 0.500. The lowest BCUT2D eigenvalue weighted by molar-refractivity contribution is 0.602. The van der Waals surface area contributed by atoms with Gasteiger partial charge in [-0.05, 0) is 37.3 Å². The summed E-state index contributed by atoms with van der Waals surface area (Å²) < 4.78 is 0. The van der Waals surface area contributed by atoms with E-state index in [1.807, 2.05) is 6.07 Å². The lowest BCUT2D eigenvalue weighted by Crippen LogP contribution is -2.16. The summed E-state index contributed by atoms with van der Waals surface area (Å²) in [5.41, 5.74) is 0.665. The first kappa shape index (κ1) is 9.97. The molecule has 3 nitrogen and oxygen atoms in total. The molecule has 15 heavy (non-hydrogen) atoms. The third-order valence-electron chi connectivity index (χ3n) is 2.94. The third kappa shape index (κ3) is 2.47. The molecule has 0 amide bonds. The Morgan fingerprint density at radius 1 is 1.53 bits per heavy atom. The van der Waals surface area contributed by atoms with Crippen LogP contribution in [0.3, 0.4) is 0 Å². The van der Waals surface area contributed by atoms with Crippen molar-refractivity contribution in [2.45, 2.75) is 32.2 Å². The standard InChI is InChI=1S/C12H15N3/c1-9-2-3-11(6-9)15-12-7-10(8-13)4-5-14-12/h4-5,7,9,11H,2-3,6H2,1H3,(H,14,15)/t9-,11-/m0/s1. The van der Waals surface area contributed by atoms with E-state index < -0.39 is 0 Å². The summed E-state index contributed by atoms with van der Waals surface area (Å²) in [5.74, 6) is 1.63. The van der Waals surface area contributed by atoms with E-state index in [2.05, 4.69) is 23.3 Å². The summed E-state index contributed by atoms with van der Waals surface area (Å²) >= 11 is 0. The predicted octanol–water partition coefficient (Wildman–Crippen LogP) is 2.55.